The summed E-state index contributed by atoms with van der Waals surface area (Å²) in [7, 11) is 2.09. The number of carboxylic acid groups (broad SMARTS) is 1. The lowest BCUT2D eigenvalue weighted by molar-refractivity contribution is 0.0659. The number of furan rings is 1. The number of carboxylic acids is 1. The molecular weight excluding hydrogens is 248 g/mol. The van der Waals surface area contributed by atoms with Gasteiger partial charge in [0.1, 0.15) is 0 Å². The van der Waals surface area contributed by atoms with E-state index in [2.05, 4.69) is 17.3 Å². The molecule has 1 aromatic heterocycles. The van der Waals surface area contributed by atoms with Crippen LogP contribution in [0.1, 0.15) is 34.0 Å². The van der Waals surface area contributed by atoms with Gasteiger partial charge in [0, 0.05) is 6.54 Å². The highest BCUT2D eigenvalue weighted by molar-refractivity contribution is 5.93. The van der Waals surface area contributed by atoms with Crippen molar-refractivity contribution in [3.8, 4) is 0 Å². The lowest BCUT2D eigenvalue weighted by Gasteiger charge is -2.28. The van der Waals surface area contributed by atoms with Gasteiger partial charge in [-0.15, -0.1) is 0 Å². The van der Waals surface area contributed by atoms with E-state index < -0.39 is 5.97 Å². The minimum absolute atomic E-state index is 0.0466. The quantitative estimate of drug-likeness (QED) is 0.851. The molecule has 1 fully saturated rings. The number of carbonyl (C=O) groups excluding carboxylic acids is 1. The van der Waals surface area contributed by atoms with Gasteiger partial charge in [-0.2, -0.15) is 0 Å². The first-order valence-electron chi connectivity index (χ1n) is 6.36. The molecule has 6 nitrogen and oxygen atoms in total. The summed E-state index contributed by atoms with van der Waals surface area (Å²) in [6.45, 7) is 2.70. The van der Waals surface area contributed by atoms with Crippen molar-refractivity contribution in [1.29, 1.82) is 0 Å². The Morgan fingerprint density at radius 1 is 1.37 bits per heavy atom. The first-order chi connectivity index (χ1) is 9.06. The molecular formula is C13H18N2O4. The molecule has 0 aromatic carbocycles. The van der Waals surface area contributed by atoms with Gasteiger partial charge in [-0.1, -0.05) is 0 Å². The van der Waals surface area contributed by atoms with Crippen molar-refractivity contribution in [2.45, 2.75) is 12.8 Å². The van der Waals surface area contributed by atoms with E-state index in [1.165, 1.54) is 12.1 Å². The van der Waals surface area contributed by atoms with Gasteiger partial charge in [-0.3, -0.25) is 4.79 Å². The van der Waals surface area contributed by atoms with Gasteiger partial charge in [-0.05, 0) is 51.0 Å². The highest BCUT2D eigenvalue weighted by Crippen LogP contribution is 2.15. The molecule has 2 N–H and O–H groups in total. The summed E-state index contributed by atoms with van der Waals surface area (Å²) in [5.41, 5.74) is 0. The molecule has 1 aliphatic rings. The van der Waals surface area contributed by atoms with Crippen LogP contribution in [-0.4, -0.2) is 48.6 Å². The average Bonchev–Trinajstić information content (AvgIpc) is 2.87. The number of nitrogens with zero attached hydrogens (tertiary/aromatic N) is 1. The molecule has 1 aromatic rings. The predicted octanol–water partition coefficient (Wildman–Crippen LogP) is 1.05. The fourth-order valence-corrected chi connectivity index (χ4v) is 2.17. The number of amides is 1. The lowest BCUT2D eigenvalue weighted by Crippen LogP contribution is -2.36. The Hall–Kier alpha value is -1.82. The summed E-state index contributed by atoms with van der Waals surface area (Å²) in [4.78, 5) is 24.7. The number of piperidine rings is 1. The van der Waals surface area contributed by atoms with Crippen LogP contribution in [0, 0.1) is 5.92 Å². The molecule has 6 heteroatoms. The molecule has 0 saturated carbocycles. The van der Waals surface area contributed by atoms with Crippen LogP contribution >= 0.6 is 0 Å². The first kappa shape index (κ1) is 13.6. The van der Waals surface area contributed by atoms with Gasteiger partial charge in [0.2, 0.25) is 5.76 Å². The molecule has 0 atom stereocenters. The Morgan fingerprint density at radius 2 is 2.00 bits per heavy atom. The van der Waals surface area contributed by atoms with Crippen LogP contribution in [0.5, 0.6) is 0 Å². The van der Waals surface area contributed by atoms with Gasteiger partial charge in [0.15, 0.2) is 5.76 Å². The highest BCUT2D eigenvalue weighted by atomic mass is 16.4. The Kier molecular flexibility index (Phi) is 4.21. The smallest absolute Gasteiger partial charge is 0.371 e. The lowest BCUT2D eigenvalue weighted by atomic mass is 9.97. The van der Waals surface area contributed by atoms with E-state index in [1.54, 1.807) is 0 Å². The Labute approximate surface area is 111 Å². The molecule has 2 heterocycles. The van der Waals surface area contributed by atoms with E-state index in [0.29, 0.717) is 12.5 Å². The number of aromatic carboxylic acids is 1. The largest absolute Gasteiger partial charge is 0.475 e. The van der Waals surface area contributed by atoms with Crippen molar-refractivity contribution in [2.75, 3.05) is 26.7 Å². The molecule has 1 saturated heterocycles. The van der Waals surface area contributed by atoms with Crippen molar-refractivity contribution >= 4 is 11.9 Å². The molecule has 1 amide bonds. The van der Waals surface area contributed by atoms with Gasteiger partial charge < -0.3 is 19.7 Å². The first-order valence-corrected chi connectivity index (χ1v) is 6.36. The van der Waals surface area contributed by atoms with Gasteiger partial charge in [0.05, 0.1) is 0 Å². The second-order valence-electron chi connectivity index (χ2n) is 4.93. The highest BCUT2D eigenvalue weighted by Gasteiger charge is 2.19. The number of rotatable bonds is 4. The molecule has 104 valence electrons. The normalized spacial score (nSPS) is 17.3. The summed E-state index contributed by atoms with van der Waals surface area (Å²) in [6, 6.07) is 2.67. The van der Waals surface area contributed by atoms with Crippen LogP contribution in [0.2, 0.25) is 0 Å². The minimum atomic E-state index is -1.17. The van der Waals surface area contributed by atoms with Crippen LogP contribution < -0.4 is 5.32 Å². The van der Waals surface area contributed by atoms with Crippen molar-refractivity contribution in [1.82, 2.24) is 10.2 Å². The second-order valence-corrected chi connectivity index (χ2v) is 4.93. The Balaban J connectivity index is 1.82. The van der Waals surface area contributed by atoms with E-state index in [-0.39, 0.29) is 17.4 Å². The van der Waals surface area contributed by atoms with Gasteiger partial charge in [-0.25, -0.2) is 4.79 Å². The molecule has 0 spiro atoms. The van der Waals surface area contributed by atoms with E-state index in [4.69, 9.17) is 9.52 Å². The maximum Gasteiger partial charge on any atom is 0.371 e. The van der Waals surface area contributed by atoms with Crippen molar-refractivity contribution in [3.05, 3.63) is 23.7 Å². The number of hydrogen-bond donors (Lipinski definition) is 2. The maximum atomic E-state index is 11.8. The molecule has 0 bridgehead atoms. The summed E-state index contributed by atoms with van der Waals surface area (Å²) in [6.07, 6.45) is 2.13. The number of nitrogens with one attached hydrogen (secondary N) is 1. The van der Waals surface area contributed by atoms with E-state index in [0.717, 1.165) is 25.9 Å². The predicted molar refractivity (Wildman–Crippen MR) is 68.2 cm³/mol. The zero-order valence-electron chi connectivity index (χ0n) is 10.9. The monoisotopic (exact) mass is 266 g/mol. The minimum Gasteiger partial charge on any atom is -0.475 e. The maximum absolute atomic E-state index is 11.8. The molecule has 1 aliphatic heterocycles. The van der Waals surface area contributed by atoms with Crippen LogP contribution in [0.4, 0.5) is 0 Å². The molecule has 19 heavy (non-hydrogen) atoms. The fraction of sp³-hybridized carbons (Fsp3) is 0.538. The Morgan fingerprint density at radius 3 is 2.58 bits per heavy atom. The Bertz CT molecular complexity index is 461. The van der Waals surface area contributed by atoms with Crippen LogP contribution in [0.25, 0.3) is 0 Å². The molecule has 2 rings (SSSR count). The molecule has 0 unspecified atom stereocenters. The zero-order valence-corrected chi connectivity index (χ0v) is 10.9. The fourth-order valence-electron chi connectivity index (χ4n) is 2.17. The van der Waals surface area contributed by atoms with E-state index in [9.17, 15) is 9.59 Å². The zero-order chi connectivity index (χ0) is 13.8. The third kappa shape index (κ3) is 3.57. The van der Waals surface area contributed by atoms with Gasteiger partial charge >= 0.3 is 5.97 Å². The third-order valence-electron chi connectivity index (χ3n) is 3.43. The number of hydrogen-bond acceptors (Lipinski definition) is 4. The molecule has 0 aliphatic carbocycles. The topological polar surface area (TPSA) is 82.8 Å². The number of likely N-dealkylation sites (tertiary alicyclic amines) is 1. The van der Waals surface area contributed by atoms with E-state index in [1.807, 2.05) is 0 Å². The van der Waals surface area contributed by atoms with Crippen LogP contribution in [0.3, 0.4) is 0 Å². The third-order valence-corrected chi connectivity index (χ3v) is 3.43. The van der Waals surface area contributed by atoms with Crippen molar-refractivity contribution in [3.63, 3.8) is 0 Å². The summed E-state index contributed by atoms with van der Waals surface area (Å²) in [5.74, 6) is -1.22. The van der Waals surface area contributed by atoms with E-state index >= 15 is 0 Å². The summed E-state index contributed by atoms with van der Waals surface area (Å²) < 4.78 is 4.94. The average molecular weight is 266 g/mol. The van der Waals surface area contributed by atoms with Gasteiger partial charge in [0.25, 0.3) is 5.91 Å². The van der Waals surface area contributed by atoms with Crippen molar-refractivity contribution < 1.29 is 19.1 Å². The summed E-state index contributed by atoms with van der Waals surface area (Å²) >= 11 is 0. The second kappa shape index (κ2) is 5.88. The van der Waals surface area contributed by atoms with Crippen LogP contribution in [-0.2, 0) is 0 Å². The standard InChI is InChI=1S/C13H18N2O4/c1-15-6-4-9(5-7-15)8-14-12(16)10-2-3-11(19-10)13(17)18/h2-3,9H,4-8H2,1H3,(H,14,16)(H,17,18). The van der Waals surface area contributed by atoms with Crippen LogP contribution in [0.15, 0.2) is 16.5 Å². The number of carbonyl (C=O) groups is 2. The SMILES string of the molecule is CN1CCC(CNC(=O)c2ccc(C(=O)O)o2)CC1. The van der Waals surface area contributed by atoms with Crippen molar-refractivity contribution in [2.24, 2.45) is 5.92 Å². The molecule has 0 radical (unpaired) electrons. The summed E-state index contributed by atoms with van der Waals surface area (Å²) in [5, 5.41) is 11.5.